The van der Waals surface area contributed by atoms with Crippen LogP contribution < -0.4 is 18.9 Å². The molecule has 0 unspecified atom stereocenters. The fourth-order valence-electron chi connectivity index (χ4n) is 2.57. The van der Waals surface area contributed by atoms with Crippen LogP contribution in [0.1, 0.15) is 11.4 Å². The summed E-state index contributed by atoms with van der Waals surface area (Å²) in [6.07, 6.45) is -3.71. The van der Waals surface area contributed by atoms with Crippen molar-refractivity contribution in [2.24, 2.45) is 0 Å². The van der Waals surface area contributed by atoms with Gasteiger partial charge >= 0.3 is 6.18 Å². The Morgan fingerprint density at radius 2 is 1.55 bits per heavy atom. The second-order valence-electron chi connectivity index (χ2n) is 6.35. The van der Waals surface area contributed by atoms with Crippen LogP contribution in [0, 0.1) is 0 Å². The first-order chi connectivity index (χ1) is 15.6. The van der Waals surface area contributed by atoms with E-state index in [1.807, 2.05) is 4.72 Å². The molecule has 3 aromatic rings. The van der Waals surface area contributed by atoms with Crippen LogP contribution in [-0.4, -0.2) is 32.6 Å². The summed E-state index contributed by atoms with van der Waals surface area (Å²) < 4.78 is 82.9. The van der Waals surface area contributed by atoms with Gasteiger partial charge in [-0.15, -0.1) is 0 Å². The predicted octanol–water partition coefficient (Wildman–Crippen LogP) is 4.72. The number of rotatable bonds is 8. The fourth-order valence-corrected chi connectivity index (χ4v) is 3.38. The number of anilines is 1. The molecule has 0 fully saturated rings. The van der Waals surface area contributed by atoms with E-state index in [0.29, 0.717) is 5.56 Å². The molecule has 3 rings (SSSR count). The number of para-hydroxylation sites is 2. The summed E-state index contributed by atoms with van der Waals surface area (Å²) in [4.78, 5) is 6.66. The van der Waals surface area contributed by atoms with Crippen LogP contribution in [0.25, 0.3) is 6.08 Å². The van der Waals surface area contributed by atoms with Crippen molar-refractivity contribution in [3.05, 3.63) is 71.4 Å². The van der Waals surface area contributed by atoms with Gasteiger partial charge in [-0.1, -0.05) is 42.5 Å². The Balaban J connectivity index is 2.08. The number of hydrogen-bond acceptors (Lipinski definition) is 7. The number of sulfonamides is 1. The molecule has 12 heteroatoms. The second-order valence-corrected chi connectivity index (χ2v) is 7.91. The number of hydrogen-bond donors (Lipinski definition) is 1. The number of nitrogens with one attached hydrogen (secondary N) is 1. The molecule has 1 aromatic heterocycles. The molecule has 1 heterocycles. The molecule has 0 bridgehead atoms. The van der Waals surface area contributed by atoms with Crippen molar-refractivity contribution in [3.8, 4) is 23.1 Å². The average Bonchev–Trinajstić information content (AvgIpc) is 2.79. The minimum atomic E-state index is -4.98. The van der Waals surface area contributed by atoms with Crippen molar-refractivity contribution in [2.75, 3.05) is 18.9 Å². The summed E-state index contributed by atoms with van der Waals surface area (Å²) in [6, 6.07) is 14.7. The highest BCUT2D eigenvalue weighted by atomic mass is 32.2. The van der Waals surface area contributed by atoms with E-state index in [4.69, 9.17) is 14.2 Å². The SMILES string of the molecule is COc1ccccc1Oc1c(NS(=O)(=O)/C=C/c2ccccc2)nc(C(F)(F)F)nc1OC. The third-order valence-corrected chi connectivity index (χ3v) is 5.01. The molecule has 0 aliphatic rings. The molecule has 0 aliphatic carbocycles. The van der Waals surface area contributed by atoms with E-state index in [0.717, 1.165) is 12.5 Å². The van der Waals surface area contributed by atoms with E-state index < -0.39 is 39.5 Å². The lowest BCUT2D eigenvalue weighted by atomic mass is 10.2. The molecule has 33 heavy (non-hydrogen) atoms. The number of nitrogens with zero attached hydrogens (tertiary/aromatic N) is 2. The number of methoxy groups -OCH3 is 2. The van der Waals surface area contributed by atoms with E-state index in [9.17, 15) is 21.6 Å². The Morgan fingerprint density at radius 1 is 0.909 bits per heavy atom. The zero-order valence-electron chi connectivity index (χ0n) is 17.3. The third-order valence-electron chi connectivity index (χ3n) is 4.04. The largest absolute Gasteiger partial charge is 0.493 e. The predicted molar refractivity (Wildman–Crippen MR) is 115 cm³/mol. The minimum absolute atomic E-state index is 0.0712. The minimum Gasteiger partial charge on any atom is -0.493 e. The lowest BCUT2D eigenvalue weighted by molar-refractivity contribution is -0.145. The lowest BCUT2D eigenvalue weighted by Crippen LogP contribution is -2.17. The van der Waals surface area contributed by atoms with Gasteiger partial charge in [-0.3, -0.25) is 4.72 Å². The van der Waals surface area contributed by atoms with Gasteiger partial charge in [-0.2, -0.15) is 18.2 Å². The van der Waals surface area contributed by atoms with E-state index in [-0.39, 0.29) is 11.5 Å². The molecule has 8 nitrogen and oxygen atoms in total. The zero-order chi connectivity index (χ0) is 24.1. The van der Waals surface area contributed by atoms with Gasteiger partial charge in [0.1, 0.15) is 0 Å². The first-order valence-corrected chi connectivity index (χ1v) is 10.8. The molecule has 174 valence electrons. The zero-order valence-corrected chi connectivity index (χ0v) is 18.1. The summed E-state index contributed by atoms with van der Waals surface area (Å²) in [5.41, 5.74) is 0.560. The van der Waals surface area contributed by atoms with Crippen molar-refractivity contribution in [1.29, 1.82) is 0 Å². The van der Waals surface area contributed by atoms with Gasteiger partial charge in [0.05, 0.1) is 19.6 Å². The first-order valence-electron chi connectivity index (χ1n) is 9.23. The topological polar surface area (TPSA) is 99.6 Å². The van der Waals surface area contributed by atoms with Gasteiger partial charge in [0, 0.05) is 0 Å². The summed E-state index contributed by atoms with van der Waals surface area (Å²) in [6.45, 7) is 0. The Morgan fingerprint density at radius 3 is 2.15 bits per heavy atom. The Bertz CT molecular complexity index is 1250. The average molecular weight is 481 g/mol. The van der Waals surface area contributed by atoms with E-state index in [2.05, 4.69) is 9.97 Å². The van der Waals surface area contributed by atoms with Crippen LogP contribution in [0.4, 0.5) is 19.0 Å². The Labute approximate surface area is 187 Å². The molecule has 0 saturated carbocycles. The maximum atomic E-state index is 13.3. The summed E-state index contributed by atoms with van der Waals surface area (Å²) >= 11 is 0. The molecule has 0 amide bonds. The van der Waals surface area contributed by atoms with Crippen molar-refractivity contribution in [3.63, 3.8) is 0 Å². The number of ether oxygens (including phenoxy) is 3. The van der Waals surface area contributed by atoms with Gasteiger partial charge in [-0.05, 0) is 23.8 Å². The molecule has 2 aromatic carbocycles. The lowest BCUT2D eigenvalue weighted by Gasteiger charge is -2.17. The number of alkyl halides is 3. The third kappa shape index (κ3) is 6.13. The normalized spacial score (nSPS) is 11.9. The first kappa shape index (κ1) is 23.9. The van der Waals surface area contributed by atoms with Gasteiger partial charge in [0.2, 0.25) is 11.6 Å². The van der Waals surface area contributed by atoms with E-state index in [1.54, 1.807) is 48.5 Å². The summed E-state index contributed by atoms with van der Waals surface area (Å²) in [7, 11) is -1.88. The van der Waals surface area contributed by atoms with Crippen LogP contribution >= 0.6 is 0 Å². The van der Waals surface area contributed by atoms with E-state index in [1.165, 1.54) is 19.3 Å². The monoisotopic (exact) mass is 481 g/mol. The van der Waals surface area contributed by atoms with Crippen LogP contribution in [0.5, 0.6) is 23.1 Å². The van der Waals surface area contributed by atoms with Crippen molar-refractivity contribution >= 4 is 21.9 Å². The quantitative estimate of drug-likeness (QED) is 0.497. The number of aromatic nitrogens is 2. The molecule has 0 saturated heterocycles. The fraction of sp³-hybridized carbons (Fsp3) is 0.143. The van der Waals surface area contributed by atoms with Gasteiger partial charge in [0.25, 0.3) is 15.9 Å². The maximum Gasteiger partial charge on any atom is 0.451 e. The van der Waals surface area contributed by atoms with Crippen LogP contribution in [0.15, 0.2) is 60.0 Å². The Kier molecular flexibility index (Phi) is 7.07. The highest BCUT2D eigenvalue weighted by Crippen LogP contribution is 2.42. The summed E-state index contributed by atoms with van der Waals surface area (Å²) in [5, 5.41) is 0.789. The van der Waals surface area contributed by atoms with Crippen molar-refractivity contribution in [1.82, 2.24) is 9.97 Å². The van der Waals surface area contributed by atoms with Crippen LogP contribution in [0.3, 0.4) is 0 Å². The van der Waals surface area contributed by atoms with Gasteiger partial charge < -0.3 is 14.2 Å². The highest BCUT2D eigenvalue weighted by Gasteiger charge is 2.38. The summed E-state index contributed by atoms with van der Waals surface area (Å²) in [5.74, 6) is -3.19. The highest BCUT2D eigenvalue weighted by molar-refractivity contribution is 7.95. The molecule has 0 aliphatic heterocycles. The van der Waals surface area contributed by atoms with Crippen molar-refractivity contribution < 1.29 is 35.8 Å². The molecule has 1 N–H and O–H groups in total. The van der Waals surface area contributed by atoms with Crippen LogP contribution in [0.2, 0.25) is 0 Å². The number of halogens is 3. The van der Waals surface area contributed by atoms with Gasteiger partial charge in [0.15, 0.2) is 17.3 Å². The molecule has 0 spiro atoms. The molecular weight excluding hydrogens is 463 g/mol. The number of benzene rings is 2. The molecule has 0 atom stereocenters. The van der Waals surface area contributed by atoms with Gasteiger partial charge in [-0.25, -0.2) is 13.4 Å². The molecular formula is C21H18F3N3O5S. The smallest absolute Gasteiger partial charge is 0.451 e. The Hall–Kier alpha value is -3.80. The van der Waals surface area contributed by atoms with Crippen LogP contribution in [-0.2, 0) is 16.2 Å². The van der Waals surface area contributed by atoms with E-state index >= 15 is 0 Å². The standard InChI is InChI=1S/C21H18F3N3O5S/c1-30-15-10-6-7-11-16(15)32-17-18(25-20(21(22,23)24)26-19(17)31-2)27-33(28,29)13-12-14-8-4-3-5-9-14/h3-13H,1-2H3,(H,25,26,27)/b13-12+. The van der Waals surface area contributed by atoms with Crippen molar-refractivity contribution in [2.45, 2.75) is 6.18 Å². The second kappa shape index (κ2) is 9.77. The maximum absolute atomic E-state index is 13.3. The molecule has 0 radical (unpaired) electrons.